The topological polar surface area (TPSA) is 72.2 Å². The number of carbonyl (C=O) groups excluding carboxylic acids is 1. The molecule has 0 aliphatic carbocycles. The Hall–Kier alpha value is -3.06. The molecule has 0 aliphatic heterocycles. The maximum absolute atomic E-state index is 12.2. The van der Waals surface area contributed by atoms with E-state index in [9.17, 15) is 4.79 Å². The molecule has 0 saturated heterocycles. The zero-order chi connectivity index (χ0) is 17.8. The first-order valence-corrected chi connectivity index (χ1v) is 9.23. The standard InChI is InChI=1S/C19H17N5OS/c25-18(12-15-13-26-19(21-15)14-6-2-1-3-7-14)20-10-9-17-23-22-16-8-4-5-11-24(16)17/h1-8,11,13H,9-10,12H2,(H,20,25). The second-order valence-corrected chi connectivity index (χ2v) is 6.69. The second-order valence-electron chi connectivity index (χ2n) is 5.83. The molecule has 130 valence electrons. The minimum Gasteiger partial charge on any atom is -0.355 e. The van der Waals surface area contributed by atoms with Crippen molar-refractivity contribution in [3.05, 3.63) is 71.6 Å². The Kier molecular flexibility index (Phi) is 4.70. The third kappa shape index (κ3) is 3.62. The zero-order valence-electron chi connectivity index (χ0n) is 14.0. The average molecular weight is 363 g/mol. The van der Waals surface area contributed by atoms with Crippen LogP contribution in [0.5, 0.6) is 0 Å². The van der Waals surface area contributed by atoms with Gasteiger partial charge in [-0.15, -0.1) is 21.5 Å². The third-order valence-corrected chi connectivity index (χ3v) is 4.91. The van der Waals surface area contributed by atoms with Gasteiger partial charge in [-0.05, 0) is 12.1 Å². The molecule has 4 aromatic rings. The lowest BCUT2D eigenvalue weighted by Crippen LogP contribution is -2.27. The van der Waals surface area contributed by atoms with Crippen molar-refractivity contribution in [1.29, 1.82) is 0 Å². The number of pyridine rings is 1. The molecule has 0 bridgehead atoms. The van der Waals surface area contributed by atoms with E-state index in [1.165, 1.54) is 0 Å². The molecular weight excluding hydrogens is 346 g/mol. The average Bonchev–Trinajstić information content (AvgIpc) is 3.30. The normalized spacial score (nSPS) is 10.9. The molecule has 1 amide bonds. The van der Waals surface area contributed by atoms with E-state index in [1.807, 2.05) is 64.5 Å². The van der Waals surface area contributed by atoms with Crippen molar-refractivity contribution >= 4 is 22.9 Å². The summed E-state index contributed by atoms with van der Waals surface area (Å²) < 4.78 is 1.93. The molecular formula is C19H17N5OS. The molecule has 0 aliphatic rings. The molecule has 6 nitrogen and oxygen atoms in total. The first kappa shape index (κ1) is 16.4. The van der Waals surface area contributed by atoms with Crippen LogP contribution in [0.3, 0.4) is 0 Å². The van der Waals surface area contributed by atoms with Crippen LogP contribution in [-0.2, 0) is 17.6 Å². The highest BCUT2D eigenvalue weighted by Crippen LogP contribution is 2.23. The van der Waals surface area contributed by atoms with Crippen LogP contribution in [0, 0.1) is 0 Å². The van der Waals surface area contributed by atoms with Gasteiger partial charge in [-0.3, -0.25) is 9.20 Å². The summed E-state index contributed by atoms with van der Waals surface area (Å²) in [4.78, 5) is 16.7. The third-order valence-electron chi connectivity index (χ3n) is 3.97. The van der Waals surface area contributed by atoms with E-state index >= 15 is 0 Å². The van der Waals surface area contributed by atoms with Gasteiger partial charge >= 0.3 is 0 Å². The number of benzene rings is 1. The lowest BCUT2D eigenvalue weighted by atomic mass is 10.2. The zero-order valence-corrected chi connectivity index (χ0v) is 14.8. The number of rotatable bonds is 6. The van der Waals surface area contributed by atoms with E-state index in [0.29, 0.717) is 13.0 Å². The first-order chi connectivity index (χ1) is 12.8. The van der Waals surface area contributed by atoms with Gasteiger partial charge in [0.05, 0.1) is 12.1 Å². The summed E-state index contributed by atoms with van der Waals surface area (Å²) >= 11 is 1.56. The number of thiazole rings is 1. The van der Waals surface area contributed by atoms with Crippen LogP contribution in [0.4, 0.5) is 0 Å². The van der Waals surface area contributed by atoms with Crippen LogP contribution >= 0.6 is 11.3 Å². The fraction of sp³-hybridized carbons (Fsp3) is 0.158. The van der Waals surface area contributed by atoms with Gasteiger partial charge in [-0.25, -0.2) is 4.98 Å². The molecule has 0 saturated carbocycles. The summed E-state index contributed by atoms with van der Waals surface area (Å²) in [6.45, 7) is 0.518. The number of carbonyl (C=O) groups is 1. The molecule has 0 atom stereocenters. The van der Waals surface area contributed by atoms with Crippen molar-refractivity contribution < 1.29 is 4.79 Å². The Morgan fingerprint density at radius 2 is 1.92 bits per heavy atom. The van der Waals surface area contributed by atoms with Crippen LogP contribution in [0.25, 0.3) is 16.2 Å². The van der Waals surface area contributed by atoms with E-state index in [2.05, 4.69) is 20.5 Å². The molecule has 7 heteroatoms. The molecule has 1 N–H and O–H groups in total. The maximum Gasteiger partial charge on any atom is 0.226 e. The van der Waals surface area contributed by atoms with Gasteiger partial charge < -0.3 is 5.32 Å². The Bertz CT molecular complexity index is 1020. The first-order valence-electron chi connectivity index (χ1n) is 8.35. The van der Waals surface area contributed by atoms with E-state index in [-0.39, 0.29) is 12.3 Å². The van der Waals surface area contributed by atoms with Crippen LogP contribution in [0.1, 0.15) is 11.5 Å². The quantitative estimate of drug-likeness (QED) is 0.572. The van der Waals surface area contributed by atoms with Crippen molar-refractivity contribution in [2.24, 2.45) is 0 Å². The number of hydrogen-bond donors (Lipinski definition) is 1. The molecule has 0 radical (unpaired) electrons. The fourth-order valence-electron chi connectivity index (χ4n) is 2.70. The van der Waals surface area contributed by atoms with Crippen molar-refractivity contribution in [2.45, 2.75) is 12.8 Å². The predicted molar refractivity (Wildman–Crippen MR) is 101 cm³/mol. The number of hydrogen-bond acceptors (Lipinski definition) is 5. The van der Waals surface area contributed by atoms with E-state index < -0.39 is 0 Å². The minimum atomic E-state index is -0.0382. The molecule has 26 heavy (non-hydrogen) atoms. The molecule has 0 spiro atoms. The van der Waals surface area contributed by atoms with Crippen LogP contribution in [0.2, 0.25) is 0 Å². The molecule has 4 rings (SSSR count). The Morgan fingerprint density at radius 3 is 2.81 bits per heavy atom. The van der Waals surface area contributed by atoms with Gasteiger partial charge in [0.15, 0.2) is 5.65 Å². The van der Waals surface area contributed by atoms with Gasteiger partial charge in [0.1, 0.15) is 10.8 Å². The van der Waals surface area contributed by atoms with Crippen molar-refractivity contribution in [3.63, 3.8) is 0 Å². The van der Waals surface area contributed by atoms with Gasteiger partial charge in [-0.1, -0.05) is 36.4 Å². The Labute approximate surface area is 154 Å². The smallest absolute Gasteiger partial charge is 0.226 e. The largest absolute Gasteiger partial charge is 0.355 e. The molecule has 1 aromatic carbocycles. The van der Waals surface area contributed by atoms with E-state index in [1.54, 1.807) is 11.3 Å². The molecule has 0 unspecified atom stereocenters. The highest BCUT2D eigenvalue weighted by Gasteiger charge is 2.10. The highest BCUT2D eigenvalue weighted by atomic mass is 32.1. The SMILES string of the molecule is O=C(Cc1csc(-c2ccccc2)n1)NCCc1nnc2ccccn12. The summed E-state index contributed by atoms with van der Waals surface area (Å²) in [5.41, 5.74) is 2.67. The Balaban J connectivity index is 1.31. The summed E-state index contributed by atoms with van der Waals surface area (Å²) in [6.07, 6.45) is 2.83. The van der Waals surface area contributed by atoms with Crippen molar-refractivity contribution in [3.8, 4) is 10.6 Å². The number of nitrogens with one attached hydrogen (secondary N) is 1. The van der Waals surface area contributed by atoms with Crippen LogP contribution in [-0.4, -0.2) is 32.0 Å². The monoisotopic (exact) mass is 363 g/mol. The van der Waals surface area contributed by atoms with Gasteiger partial charge in [0, 0.05) is 30.1 Å². The van der Waals surface area contributed by atoms with E-state index in [4.69, 9.17) is 0 Å². The summed E-state index contributed by atoms with van der Waals surface area (Å²) in [7, 11) is 0. The highest BCUT2D eigenvalue weighted by molar-refractivity contribution is 7.13. The molecule has 3 heterocycles. The van der Waals surface area contributed by atoms with Crippen LogP contribution in [0.15, 0.2) is 60.1 Å². The van der Waals surface area contributed by atoms with Gasteiger partial charge in [0.25, 0.3) is 0 Å². The summed E-state index contributed by atoms with van der Waals surface area (Å²) in [6, 6.07) is 15.7. The summed E-state index contributed by atoms with van der Waals surface area (Å²) in [5.74, 6) is 0.796. The number of fused-ring (bicyclic) bond motifs is 1. The predicted octanol–water partition coefficient (Wildman–Crippen LogP) is 2.75. The van der Waals surface area contributed by atoms with Crippen molar-refractivity contribution in [1.82, 2.24) is 24.9 Å². The number of amides is 1. The molecule has 3 aromatic heterocycles. The van der Waals surface area contributed by atoms with E-state index in [0.717, 1.165) is 27.7 Å². The van der Waals surface area contributed by atoms with Gasteiger partial charge in [0.2, 0.25) is 5.91 Å². The lowest BCUT2D eigenvalue weighted by molar-refractivity contribution is -0.120. The second kappa shape index (κ2) is 7.45. The van der Waals surface area contributed by atoms with Crippen LogP contribution < -0.4 is 5.32 Å². The van der Waals surface area contributed by atoms with Crippen molar-refractivity contribution in [2.75, 3.05) is 6.54 Å². The van der Waals surface area contributed by atoms with Gasteiger partial charge in [-0.2, -0.15) is 0 Å². The number of aromatic nitrogens is 4. The Morgan fingerprint density at radius 1 is 1.08 bits per heavy atom. The lowest BCUT2D eigenvalue weighted by Gasteiger charge is -2.03. The fourth-order valence-corrected chi connectivity index (χ4v) is 3.53. The number of nitrogens with zero attached hydrogens (tertiary/aromatic N) is 4. The minimum absolute atomic E-state index is 0.0382. The maximum atomic E-state index is 12.2. The molecule has 0 fully saturated rings. The summed E-state index contributed by atoms with van der Waals surface area (Å²) in [5, 5.41) is 14.1.